The number of rotatable bonds is 3. The number of para-hydroxylation sites is 1. The van der Waals surface area contributed by atoms with E-state index in [9.17, 15) is 10.1 Å². The van der Waals surface area contributed by atoms with Crippen molar-refractivity contribution in [2.45, 2.75) is 6.92 Å². The van der Waals surface area contributed by atoms with Crippen LogP contribution in [0.15, 0.2) is 57.7 Å². The second-order valence-corrected chi connectivity index (χ2v) is 6.58. The zero-order valence-electron chi connectivity index (χ0n) is 14.1. The first-order valence-electron chi connectivity index (χ1n) is 7.98. The highest BCUT2D eigenvalue weighted by molar-refractivity contribution is 9.10. The molecule has 3 heterocycles. The van der Waals surface area contributed by atoms with Crippen LogP contribution in [-0.4, -0.2) is 20.7 Å². The number of aromatic nitrogens is 3. The van der Waals surface area contributed by atoms with E-state index in [0.29, 0.717) is 10.5 Å². The minimum absolute atomic E-state index is 0.112. The molecule has 3 aromatic heterocycles. The number of anilines is 1. The average Bonchev–Trinajstić information content (AvgIpc) is 3.28. The Hall–Kier alpha value is -3.44. The molecule has 0 aliphatic carbocycles. The summed E-state index contributed by atoms with van der Waals surface area (Å²) in [6, 6.07) is 14.8. The summed E-state index contributed by atoms with van der Waals surface area (Å²) < 4.78 is 7.14. The van der Waals surface area contributed by atoms with E-state index in [1.54, 1.807) is 6.07 Å². The van der Waals surface area contributed by atoms with Gasteiger partial charge in [-0.05, 0) is 52.7 Å². The largest absolute Gasteiger partial charge is 0.444 e. The molecule has 0 aliphatic rings. The van der Waals surface area contributed by atoms with Crippen LogP contribution in [0.25, 0.3) is 16.7 Å². The highest BCUT2D eigenvalue weighted by Gasteiger charge is 2.19. The van der Waals surface area contributed by atoms with E-state index < -0.39 is 5.91 Å². The molecule has 7 nitrogen and oxygen atoms in total. The molecule has 1 N–H and O–H groups in total. The third-order valence-corrected chi connectivity index (χ3v) is 4.47. The molecular formula is C19H12BrN5O2. The van der Waals surface area contributed by atoms with Crippen LogP contribution < -0.4 is 5.32 Å². The molecule has 0 spiro atoms. The van der Waals surface area contributed by atoms with E-state index in [1.807, 2.05) is 43.3 Å². The molecule has 0 bridgehead atoms. The number of nitriles is 1. The number of furan rings is 1. The number of aryl methyl sites for hydroxylation is 1. The fraction of sp³-hybridized carbons (Fsp3) is 0.0526. The third-order valence-electron chi connectivity index (χ3n) is 4.05. The number of nitrogens with zero attached hydrogens (tertiary/aromatic N) is 4. The van der Waals surface area contributed by atoms with E-state index in [4.69, 9.17) is 4.42 Å². The molecule has 1 aromatic carbocycles. The topological polar surface area (TPSA) is 96.7 Å². The minimum atomic E-state index is -0.489. The van der Waals surface area contributed by atoms with Crippen molar-refractivity contribution >= 4 is 38.6 Å². The Morgan fingerprint density at radius 3 is 2.85 bits per heavy atom. The predicted molar refractivity (Wildman–Crippen MR) is 103 cm³/mol. The first-order valence-corrected chi connectivity index (χ1v) is 8.77. The molecule has 4 aromatic rings. The third kappa shape index (κ3) is 3.09. The summed E-state index contributed by atoms with van der Waals surface area (Å²) in [7, 11) is 0. The van der Waals surface area contributed by atoms with Gasteiger partial charge in [0.1, 0.15) is 11.6 Å². The van der Waals surface area contributed by atoms with Gasteiger partial charge < -0.3 is 9.73 Å². The molecule has 0 fully saturated rings. The van der Waals surface area contributed by atoms with E-state index in [1.165, 1.54) is 16.9 Å². The molecule has 1 amide bonds. The molecular weight excluding hydrogens is 410 g/mol. The van der Waals surface area contributed by atoms with Gasteiger partial charge in [-0.3, -0.25) is 4.79 Å². The zero-order valence-corrected chi connectivity index (χ0v) is 15.7. The lowest BCUT2D eigenvalue weighted by Crippen LogP contribution is -2.16. The summed E-state index contributed by atoms with van der Waals surface area (Å²) in [5.74, 6) is 0.360. The van der Waals surface area contributed by atoms with E-state index in [2.05, 4.69) is 31.3 Å². The Morgan fingerprint density at radius 1 is 1.30 bits per heavy atom. The number of carbonyl (C=O) groups excluding carboxylic acids is 1. The Labute approximate surface area is 162 Å². The predicted octanol–water partition coefficient (Wildman–Crippen LogP) is 4.21. The number of pyridine rings is 1. The highest BCUT2D eigenvalue weighted by Crippen LogP contribution is 2.24. The van der Waals surface area contributed by atoms with Crippen molar-refractivity contribution in [3.8, 4) is 11.9 Å². The smallest absolute Gasteiger partial charge is 0.292 e. The molecule has 0 saturated carbocycles. The highest BCUT2D eigenvalue weighted by atomic mass is 79.9. The van der Waals surface area contributed by atoms with Crippen LogP contribution >= 0.6 is 15.9 Å². The molecule has 27 heavy (non-hydrogen) atoms. The molecule has 0 saturated heterocycles. The van der Waals surface area contributed by atoms with E-state index in [-0.39, 0.29) is 17.1 Å². The van der Waals surface area contributed by atoms with Crippen molar-refractivity contribution in [3.63, 3.8) is 0 Å². The van der Waals surface area contributed by atoms with Crippen molar-refractivity contribution in [1.29, 1.82) is 5.26 Å². The molecule has 0 atom stereocenters. The van der Waals surface area contributed by atoms with Crippen LogP contribution in [0.1, 0.15) is 21.7 Å². The lowest BCUT2D eigenvalue weighted by atomic mass is 10.1. The lowest BCUT2D eigenvalue weighted by molar-refractivity contribution is 0.0994. The summed E-state index contributed by atoms with van der Waals surface area (Å²) in [6.45, 7) is 1.97. The first-order chi connectivity index (χ1) is 13.1. The molecule has 0 radical (unpaired) electrons. The average molecular weight is 422 g/mol. The van der Waals surface area contributed by atoms with Gasteiger partial charge in [-0.15, -0.1) is 0 Å². The molecule has 132 valence electrons. The Morgan fingerprint density at radius 2 is 2.11 bits per heavy atom. The molecule has 0 aliphatic heterocycles. The standard InChI is InChI=1S/C19H12BrN5O2/c1-11-8-17(23-14-5-3-2-4-13(11)14)25-18(12(9-21)10-22-25)24-19(26)15-6-7-16(20)27-15/h2-8,10H,1H3,(H,24,26). The van der Waals surface area contributed by atoms with E-state index >= 15 is 0 Å². The van der Waals surface area contributed by atoms with Crippen molar-refractivity contribution in [3.05, 3.63) is 70.2 Å². The summed E-state index contributed by atoms with van der Waals surface area (Å²) in [4.78, 5) is 17.1. The normalized spacial score (nSPS) is 10.7. The van der Waals surface area contributed by atoms with Crippen LogP contribution in [0.3, 0.4) is 0 Å². The summed E-state index contributed by atoms with van der Waals surface area (Å²) in [5.41, 5.74) is 2.03. The second kappa shape index (κ2) is 6.70. The van der Waals surface area contributed by atoms with Gasteiger partial charge in [-0.25, -0.2) is 4.98 Å². The number of fused-ring (bicyclic) bond motifs is 1. The van der Waals surface area contributed by atoms with Crippen molar-refractivity contribution < 1.29 is 9.21 Å². The number of carbonyl (C=O) groups is 1. The van der Waals surface area contributed by atoms with Gasteiger partial charge in [0, 0.05) is 5.39 Å². The number of amides is 1. The molecule has 8 heteroatoms. The van der Waals surface area contributed by atoms with Crippen LogP contribution in [-0.2, 0) is 0 Å². The number of nitrogens with one attached hydrogen (secondary N) is 1. The van der Waals surface area contributed by atoms with Gasteiger partial charge in [0.2, 0.25) is 0 Å². The SMILES string of the molecule is Cc1cc(-n2ncc(C#N)c2NC(=O)c2ccc(Br)o2)nc2ccccc12. The first kappa shape index (κ1) is 17.0. The Balaban J connectivity index is 1.80. The summed E-state index contributed by atoms with van der Waals surface area (Å²) >= 11 is 3.16. The van der Waals surface area contributed by atoms with Crippen LogP contribution in [0, 0.1) is 18.3 Å². The van der Waals surface area contributed by atoms with Gasteiger partial charge in [-0.1, -0.05) is 18.2 Å². The number of benzene rings is 1. The summed E-state index contributed by atoms with van der Waals surface area (Å²) in [5, 5.41) is 17.3. The van der Waals surface area contributed by atoms with Crippen molar-refractivity contribution in [2.75, 3.05) is 5.32 Å². The number of hydrogen-bond acceptors (Lipinski definition) is 5. The van der Waals surface area contributed by atoms with Crippen LogP contribution in [0.4, 0.5) is 5.82 Å². The van der Waals surface area contributed by atoms with Crippen LogP contribution in [0.2, 0.25) is 0 Å². The van der Waals surface area contributed by atoms with Crippen molar-refractivity contribution in [2.24, 2.45) is 0 Å². The van der Waals surface area contributed by atoms with Gasteiger partial charge in [-0.2, -0.15) is 15.0 Å². The van der Waals surface area contributed by atoms with Gasteiger partial charge >= 0.3 is 0 Å². The fourth-order valence-corrected chi connectivity index (χ4v) is 3.08. The maximum absolute atomic E-state index is 12.5. The van der Waals surface area contributed by atoms with Crippen LogP contribution in [0.5, 0.6) is 0 Å². The molecule has 4 rings (SSSR count). The van der Waals surface area contributed by atoms with E-state index in [0.717, 1.165) is 16.5 Å². The number of hydrogen-bond donors (Lipinski definition) is 1. The molecule has 0 unspecified atom stereocenters. The maximum atomic E-state index is 12.5. The Bertz CT molecular complexity index is 1220. The number of halogens is 1. The minimum Gasteiger partial charge on any atom is -0.444 e. The van der Waals surface area contributed by atoms with Gasteiger partial charge in [0.05, 0.1) is 11.7 Å². The maximum Gasteiger partial charge on any atom is 0.292 e. The lowest BCUT2D eigenvalue weighted by Gasteiger charge is -2.10. The monoisotopic (exact) mass is 421 g/mol. The Kier molecular flexibility index (Phi) is 4.22. The quantitative estimate of drug-likeness (QED) is 0.534. The fourth-order valence-electron chi connectivity index (χ4n) is 2.77. The van der Waals surface area contributed by atoms with Gasteiger partial charge in [0.15, 0.2) is 22.1 Å². The van der Waals surface area contributed by atoms with Crippen molar-refractivity contribution in [1.82, 2.24) is 14.8 Å². The summed E-state index contributed by atoms with van der Waals surface area (Å²) in [6.07, 6.45) is 1.39. The zero-order chi connectivity index (χ0) is 19.0. The van der Waals surface area contributed by atoms with Gasteiger partial charge in [0.25, 0.3) is 5.91 Å². The second-order valence-electron chi connectivity index (χ2n) is 5.80.